The van der Waals surface area contributed by atoms with Crippen LogP contribution >= 0.6 is 31.9 Å². The van der Waals surface area contributed by atoms with Crippen molar-refractivity contribution in [2.75, 3.05) is 0 Å². The highest BCUT2D eigenvalue weighted by molar-refractivity contribution is 9.10. The Morgan fingerprint density at radius 3 is 2.23 bits per heavy atom. The third kappa shape index (κ3) is 4.42. The van der Waals surface area contributed by atoms with Crippen molar-refractivity contribution in [2.24, 2.45) is 0 Å². The van der Waals surface area contributed by atoms with Crippen molar-refractivity contribution in [1.82, 2.24) is 9.71 Å². The van der Waals surface area contributed by atoms with E-state index in [9.17, 15) is 9.59 Å². The number of carbonyl (C=O) groups is 1. The molecule has 1 aromatic heterocycles. The van der Waals surface area contributed by atoms with Gasteiger partial charge in [-0.1, -0.05) is 68.3 Å². The number of rotatable bonds is 4. The van der Waals surface area contributed by atoms with Crippen molar-refractivity contribution in [3.63, 3.8) is 0 Å². The SMILES string of the molecule is O=C(/C=C/c1ccc(Br)cc1)On1c(-c2ccc(Br)cc2)nc2ccccc2c1=O. The molecule has 30 heavy (non-hydrogen) atoms. The summed E-state index contributed by atoms with van der Waals surface area (Å²) in [4.78, 5) is 35.5. The van der Waals surface area contributed by atoms with Crippen molar-refractivity contribution < 1.29 is 9.63 Å². The normalized spacial score (nSPS) is 11.1. The van der Waals surface area contributed by atoms with Gasteiger partial charge in [0, 0.05) is 20.6 Å². The molecule has 0 aliphatic heterocycles. The largest absolute Gasteiger partial charge is 0.356 e. The lowest BCUT2D eigenvalue weighted by Gasteiger charge is -2.12. The highest BCUT2D eigenvalue weighted by Crippen LogP contribution is 2.21. The number of para-hydroxylation sites is 1. The van der Waals surface area contributed by atoms with E-state index in [-0.39, 0.29) is 5.82 Å². The Hall–Kier alpha value is -3.03. The fraction of sp³-hybridized carbons (Fsp3) is 0. The molecule has 4 aromatic rings. The van der Waals surface area contributed by atoms with Crippen molar-refractivity contribution in [1.29, 1.82) is 0 Å². The molecular weight excluding hydrogens is 512 g/mol. The summed E-state index contributed by atoms with van der Waals surface area (Å²) in [5, 5.41) is 0.364. The van der Waals surface area contributed by atoms with Crippen molar-refractivity contribution >= 4 is 54.8 Å². The molecule has 0 saturated heterocycles. The van der Waals surface area contributed by atoms with Crippen LogP contribution in [0.1, 0.15) is 5.56 Å². The summed E-state index contributed by atoms with van der Waals surface area (Å²) in [6, 6.07) is 21.6. The molecule has 0 saturated carbocycles. The van der Waals surface area contributed by atoms with Crippen LogP contribution in [0, 0.1) is 0 Å². The molecule has 0 aliphatic rings. The number of benzene rings is 3. The molecule has 0 fully saturated rings. The van der Waals surface area contributed by atoms with Crippen LogP contribution in [0.4, 0.5) is 0 Å². The van der Waals surface area contributed by atoms with Gasteiger partial charge in [0.1, 0.15) is 0 Å². The molecule has 0 bridgehead atoms. The fourth-order valence-corrected chi connectivity index (χ4v) is 3.37. The van der Waals surface area contributed by atoms with E-state index < -0.39 is 11.5 Å². The monoisotopic (exact) mass is 524 g/mol. The highest BCUT2D eigenvalue weighted by Gasteiger charge is 2.16. The van der Waals surface area contributed by atoms with E-state index in [4.69, 9.17) is 4.84 Å². The van der Waals surface area contributed by atoms with Crippen LogP contribution in [0.15, 0.2) is 92.6 Å². The number of hydrogen-bond acceptors (Lipinski definition) is 4. The zero-order valence-corrected chi connectivity index (χ0v) is 18.6. The molecular formula is C23H14Br2N2O3. The van der Waals surface area contributed by atoms with E-state index >= 15 is 0 Å². The number of carbonyl (C=O) groups excluding carboxylic acids is 1. The summed E-state index contributed by atoms with van der Waals surface area (Å²) in [5.41, 5.74) is 1.54. The minimum Gasteiger partial charge on any atom is -0.327 e. The van der Waals surface area contributed by atoms with Gasteiger partial charge < -0.3 is 4.84 Å². The molecule has 0 N–H and O–H groups in total. The van der Waals surface area contributed by atoms with Gasteiger partial charge in [0.15, 0.2) is 5.82 Å². The lowest BCUT2D eigenvalue weighted by atomic mass is 10.2. The zero-order chi connectivity index (χ0) is 21.1. The average molecular weight is 526 g/mol. The van der Waals surface area contributed by atoms with Gasteiger partial charge in [-0.25, -0.2) is 9.78 Å². The first-order valence-electron chi connectivity index (χ1n) is 8.95. The smallest absolute Gasteiger partial charge is 0.327 e. The predicted octanol–water partition coefficient (Wildman–Crippen LogP) is 5.26. The van der Waals surface area contributed by atoms with Gasteiger partial charge in [-0.15, -0.1) is 4.73 Å². The van der Waals surface area contributed by atoms with Crippen LogP contribution < -0.4 is 10.4 Å². The Morgan fingerprint density at radius 2 is 1.53 bits per heavy atom. The maximum absolute atomic E-state index is 13.0. The molecule has 5 nitrogen and oxygen atoms in total. The summed E-state index contributed by atoms with van der Waals surface area (Å²) in [6.07, 6.45) is 2.89. The summed E-state index contributed by atoms with van der Waals surface area (Å²) in [5.74, 6) is -0.438. The molecule has 1 heterocycles. The van der Waals surface area contributed by atoms with Crippen LogP contribution in [-0.4, -0.2) is 15.7 Å². The van der Waals surface area contributed by atoms with Crippen LogP contribution in [-0.2, 0) is 4.79 Å². The first-order valence-corrected chi connectivity index (χ1v) is 10.5. The van der Waals surface area contributed by atoms with Crippen LogP contribution in [0.25, 0.3) is 28.4 Å². The second-order valence-electron chi connectivity index (χ2n) is 6.35. The van der Waals surface area contributed by atoms with E-state index in [0.29, 0.717) is 16.5 Å². The molecule has 0 aliphatic carbocycles. The standard InChI is InChI=1S/C23H14Br2N2O3/c24-17-10-5-15(6-11-17)7-14-21(28)30-27-22(16-8-12-18(25)13-9-16)26-20-4-2-1-3-19(20)23(27)29/h1-14H/b14-7+. The molecule has 3 aromatic carbocycles. The van der Waals surface area contributed by atoms with Crippen molar-refractivity contribution in [3.05, 3.63) is 104 Å². The summed E-state index contributed by atoms with van der Waals surface area (Å²) in [7, 11) is 0. The Kier molecular flexibility index (Phi) is 5.92. The zero-order valence-electron chi connectivity index (χ0n) is 15.5. The third-order valence-corrected chi connectivity index (χ3v) is 5.36. The van der Waals surface area contributed by atoms with Gasteiger partial charge in [0.2, 0.25) is 0 Å². The van der Waals surface area contributed by atoms with E-state index in [1.807, 2.05) is 36.4 Å². The molecule has 148 valence electrons. The second kappa shape index (κ2) is 8.77. The predicted molar refractivity (Wildman–Crippen MR) is 124 cm³/mol. The lowest BCUT2D eigenvalue weighted by molar-refractivity contribution is -0.138. The van der Waals surface area contributed by atoms with Gasteiger partial charge in [0.05, 0.1) is 10.9 Å². The van der Waals surface area contributed by atoms with E-state index in [1.165, 1.54) is 6.08 Å². The van der Waals surface area contributed by atoms with Crippen LogP contribution in [0.2, 0.25) is 0 Å². The molecule has 0 unspecified atom stereocenters. The van der Waals surface area contributed by atoms with E-state index in [0.717, 1.165) is 19.2 Å². The maximum atomic E-state index is 13.0. The molecule has 4 rings (SSSR count). The van der Waals surface area contributed by atoms with Gasteiger partial charge in [-0.05, 0) is 48.0 Å². The lowest BCUT2D eigenvalue weighted by Crippen LogP contribution is -2.32. The van der Waals surface area contributed by atoms with Crippen molar-refractivity contribution in [2.45, 2.75) is 0 Å². The summed E-state index contributed by atoms with van der Waals surface area (Å²) >= 11 is 6.76. The van der Waals surface area contributed by atoms with Gasteiger partial charge in [-0.3, -0.25) is 4.79 Å². The molecule has 0 atom stereocenters. The minimum absolute atomic E-state index is 0.247. The third-order valence-electron chi connectivity index (χ3n) is 4.30. The maximum Gasteiger partial charge on any atom is 0.356 e. The molecule has 0 spiro atoms. The topological polar surface area (TPSA) is 61.2 Å². The Labute approximate surface area is 188 Å². The quantitative estimate of drug-likeness (QED) is 0.341. The number of halogens is 2. The van der Waals surface area contributed by atoms with E-state index in [1.54, 1.807) is 42.5 Å². The summed E-state index contributed by atoms with van der Waals surface area (Å²) in [6.45, 7) is 0. The molecule has 0 amide bonds. The first-order chi connectivity index (χ1) is 14.5. The fourth-order valence-electron chi connectivity index (χ4n) is 2.84. The minimum atomic E-state index is -0.685. The molecule has 0 radical (unpaired) electrons. The highest BCUT2D eigenvalue weighted by atomic mass is 79.9. The Bertz CT molecular complexity index is 1310. The summed E-state index contributed by atoms with van der Waals surface area (Å²) < 4.78 is 2.77. The number of hydrogen-bond donors (Lipinski definition) is 0. The molecule has 7 heteroatoms. The number of aromatic nitrogens is 2. The van der Waals surface area contributed by atoms with Crippen molar-refractivity contribution in [3.8, 4) is 11.4 Å². The Morgan fingerprint density at radius 1 is 0.900 bits per heavy atom. The first kappa shape index (κ1) is 20.3. The van der Waals surface area contributed by atoms with Gasteiger partial charge in [-0.2, -0.15) is 0 Å². The Balaban J connectivity index is 1.74. The average Bonchev–Trinajstić information content (AvgIpc) is 2.76. The number of nitrogens with zero attached hydrogens (tertiary/aromatic N) is 2. The van der Waals surface area contributed by atoms with Gasteiger partial charge >= 0.3 is 5.97 Å². The number of fused-ring (bicyclic) bond motifs is 1. The van der Waals surface area contributed by atoms with Gasteiger partial charge in [0.25, 0.3) is 5.56 Å². The van der Waals surface area contributed by atoms with E-state index in [2.05, 4.69) is 36.8 Å². The van der Waals surface area contributed by atoms with Crippen LogP contribution in [0.5, 0.6) is 0 Å². The second-order valence-corrected chi connectivity index (χ2v) is 8.19. The van der Waals surface area contributed by atoms with Crippen LogP contribution in [0.3, 0.4) is 0 Å².